The fraction of sp³-hybridized carbons (Fsp3) is 0.0909. The minimum absolute atomic E-state index is 0.0265. The first-order chi connectivity index (χ1) is 13.4. The molecule has 1 amide bonds. The van der Waals surface area contributed by atoms with E-state index in [4.69, 9.17) is 0 Å². The summed E-state index contributed by atoms with van der Waals surface area (Å²) in [5, 5.41) is 2.82. The standard InChI is InChI=1S/C22H17NO4S/c1-2-14-7-3-5-9-18(14)23-22(25)15-11-12-17-20(13-15)28(26,27)19-10-6-4-8-16(19)21(17)24/h3-13H,2H2,1H3,(H,23,25). The van der Waals surface area contributed by atoms with Crippen LogP contribution in [0.3, 0.4) is 0 Å². The van der Waals surface area contributed by atoms with Gasteiger partial charge in [0.15, 0.2) is 5.78 Å². The number of sulfone groups is 1. The molecule has 6 heteroatoms. The van der Waals surface area contributed by atoms with Gasteiger partial charge in [0.05, 0.1) is 9.79 Å². The second kappa shape index (κ2) is 6.73. The Hall–Kier alpha value is -3.25. The van der Waals surface area contributed by atoms with Gasteiger partial charge in [-0.15, -0.1) is 0 Å². The number of benzene rings is 3. The van der Waals surface area contributed by atoms with E-state index < -0.39 is 15.7 Å². The monoisotopic (exact) mass is 391 g/mol. The number of carbonyl (C=O) groups is 2. The third-order valence-electron chi connectivity index (χ3n) is 4.85. The highest BCUT2D eigenvalue weighted by atomic mass is 32.2. The first kappa shape index (κ1) is 18.1. The Balaban J connectivity index is 1.76. The Morgan fingerprint density at radius 2 is 1.57 bits per heavy atom. The van der Waals surface area contributed by atoms with Crippen molar-refractivity contribution >= 4 is 27.2 Å². The summed E-state index contributed by atoms with van der Waals surface area (Å²) in [6.07, 6.45) is 0.750. The molecule has 0 radical (unpaired) electrons. The van der Waals surface area contributed by atoms with Gasteiger partial charge in [-0.3, -0.25) is 9.59 Å². The topological polar surface area (TPSA) is 80.3 Å². The maximum absolute atomic E-state index is 13.0. The van der Waals surface area contributed by atoms with Crippen LogP contribution in [0.15, 0.2) is 76.5 Å². The van der Waals surface area contributed by atoms with Crippen molar-refractivity contribution in [3.05, 3.63) is 89.0 Å². The van der Waals surface area contributed by atoms with Crippen LogP contribution in [0, 0.1) is 0 Å². The fourth-order valence-corrected chi connectivity index (χ4v) is 5.05. The number of amides is 1. The van der Waals surface area contributed by atoms with Crippen LogP contribution in [0.25, 0.3) is 0 Å². The predicted molar refractivity (Wildman–Crippen MR) is 106 cm³/mol. The smallest absolute Gasteiger partial charge is 0.255 e. The highest BCUT2D eigenvalue weighted by Crippen LogP contribution is 2.34. The summed E-state index contributed by atoms with van der Waals surface area (Å²) in [5.74, 6) is -0.783. The van der Waals surface area contributed by atoms with E-state index in [0.29, 0.717) is 5.69 Å². The Labute approximate surface area is 162 Å². The van der Waals surface area contributed by atoms with Crippen LogP contribution in [0.1, 0.15) is 38.8 Å². The summed E-state index contributed by atoms with van der Waals surface area (Å²) in [4.78, 5) is 25.2. The third kappa shape index (κ3) is 2.82. The second-order valence-electron chi connectivity index (χ2n) is 6.50. The van der Waals surface area contributed by atoms with Gasteiger partial charge in [-0.1, -0.05) is 37.3 Å². The molecule has 0 saturated heterocycles. The quantitative estimate of drug-likeness (QED) is 0.575. The zero-order chi connectivity index (χ0) is 19.9. The van der Waals surface area contributed by atoms with Crippen molar-refractivity contribution in [2.24, 2.45) is 0 Å². The molecule has 1 aliphatic rings. The summed E-state index contributed by atoms with van der Waals surface area (Å²) < 4.78 is 26.0. The van der Waals surface area contributed by atoms with E-state index in [1.54, 1.807) is 18.2 Å². The van der Waals surface area contributed by atoms with Crippen molar-refractivity contribution in [1.82, 2.24) is 0 Å². The zero-order valence-corrected chi connectivity index (χ0v) is 15.9. The van der Waals surface area contributed by atoms with Gasteiger partial charge in [0.2, 0.25) is 9.84 Å². The van der Waals surface area contributed by atoms with Gasteiger partial charge in [0, 0.05) is 22.4 Å². The molecule has 4 rings (SSSR count). The maximum Gasteiger partial charge on any atom is 0.255 e. The minimum atomic E-state index is -3.88. The molecule has 0 spiro atoms. The number of nitrogens with one attached hydrogen (secondary N) is 1. The van der Waals surface area contributed by atoms with Gasteiger partial charge in [-0.05, 0) is 48.4 Å². The number of anilines is 1. The van der Waals surface area contributed by atoms with Crippen LogP contribution in [0.5, 0.6) is 0 Å². The molecule has 0 atom stereocenters. The lowest BCUT2D eigenvalue weighted by molar-refractivity contribution is 0.101. The zero-order valence-electron chi connectivity index (χ0n) is 15.1. The lowest BCUT2D eigenvalue weighted by Gasteiger charge is -2.19. The molecular formula is C22H17NO4S. The van der Waals surface area contributed by atoms with E-state index in [2.05, 4.69) is 5.32 Å². The van der Waals surface area contributed by atoms with E-state index in [1.165, 1.54) is 30.3 Å². The van der Waals surface area contributed by atoms with Crippen LogP contribution in [0.4, 0.5) is 5.69 Å². The number of rotatable bonds is 3. The Kier molecular flexibility index (Phi) is 4.35. The SMILES string of the molecule is CCc1ccccc1NC(=O)c1ccc2c(c1)S(=O)(=O)c1ccccc1C2=O. The first-order valence-corrected chi connectivity index (χ1v) is 10.3. The molecular weight excluding hydrogens is 374 g/mol. The minimum Gasteiger partial charge on any atom is -0.322 e. The normalized spacial score (nSPS) is 14.1. The first-order valence-electron chi connectivity index (χ1n) is 8.85. The van der Waals surface area contributed by atoms with Crippen molar-refractivity contribution in [3.63, 3.8) is 0 Å². The number of hydrogen-bond acceptors (Lipinski definition) is 4. The van der Waals surface area contributed by atoms with Gasteiger partial charge < -0.3 is 5.32 Å². The number of carbonyl (C=O) groups excluding carboxylic acids is 2. The Bertz CT molecular complexity index is 1230. The average Bonchev–Trinajstić information content (AvgIpc) is 2.72. The van der Waals surface area contributed by atoms with Crippen molar-refractivity contribution < 1.29 is 18.0 Å². The molecule has 3 aromatic carbocycles. The van der Waals surface area contributed by atoms with E-state index in [0.717, 1.165) is 12.0 Å². The third-order valence-corrected chi connectivity index (χ3v) is 6.70. The van der Waals surface area contributed by atoms with E-state index in [-0.39, 0.29) is 32.3 Å². The summed E-state index contributed by atoms with van der Waals surface area (Å²) in [6.45, 7) is 1.99. The Morgan fingerprint density at radius 1 is 0.893 bits per heavy atom. The second-order valence-corrected chi connectivity index (χ2v) is 8.39. The number of fused-ring (bicyclic) bond motifs is 2. The number of para-hydroxylation sites is 1. The van der Waals surface area contributed by atoms with Gasteiger partial charge in [-0.25, -0.2) is 8.42 Å². The van der Waals surface area contributed by atoms with E-state index in [1.807, 2.05) is 25.1 Å². The molecule has 0 bridgehead atoms. The van der Waals surface area contributed by atoms with Gasteiger partial charge in [-0.2, -0.15) is 0 Å². The molecule has 0 unspecified atom stereocenters. The van der Waals surface area contributed by atoms with Gasteiger partial charge in [0.25, 0.3) is 5.91 Å². The highest BCUT2D eigenvalue weighted by molar-refractivity contribution is 7.91. The molecule has 1 N–H and O–H groups in total. The lowest BCUT2D eigenvalue weighted by Crippen LogP contribution is -2.21. The predicted octanol–water partition coefficient (Wildman–Crippen LogP) is 3.88. The molecule has 0 aromatic heterocycles. The van der Waals surface area contributed by atoms with Crippen LogP contribution < -0.4 is 5.32 Å². The molecule has 28 heavy (non-hydrogen) atoms. The van der Waals surface area contributed by atoms with E-state index in [9.17, 15) is 18.0 Å². The molecule has 1 aliphatic heterocycles. The fourth-order valence-electron chi connectivity index (χ4n) is 3.37. The largest absolute Gasteiger partial charge is 0.322 e. The van der Waals surface area contributed by atoms with Crippen LogP contribution in [0.2, 0.25) is 0 Å². The van der Waals surface area contributed by atoms with Gasteiger partial charge in [0.1, 0.15) is 0 Å². The van der Waals surface area contributed by atoms with Crippen molar-refractivity contribution in [3.8, 4) is 0 Å². The van der Waals surface area contributed by atoms with Crippen LogP contribution in [-0.2, 0) is 16.3 Å². The number of hydrogen-bond donors (Lipinski definition) is 1. The van der Waals surface area contributed by atoms with Gasteiger partial charge >= 0.3 is 0 Å². The summed E-state index contributed by atoms with van der Waals surface area (Å²) in [5.41, 5.74) is 2.08. The van der Waals surface area contributed by atoms with Crippen molar-refractivity contribution in [2.75, 3.05) is 5.32 Å². The average molecular weight is 391 g/mol. The molecule has 0 aliphatic carbocycles. The maximum atomic E-state index is 13.0. The highest BCUT2D eigenvalue weighted by Gasteiger charge is 2.35. The lowest BCUT2D eigenvalue weighted by atomic mass is 10.0. The number of aryl methyl sites for hydroxylation is 1. The summed E-state index contributed by atoms with van der Waals surface area (Å²) in [6, 6.07) is 17.7. The van der Waals surface area contributed by atoms with E-state index >= 15 is 0 Å². The molecule has 140 valence electrons. The molecule has 5 nitrogen and oxygen atoms in total. The van der Waals surface area contributed by atoms with Crippen LogP contribution >= 0.6 is 0 Å². The summed E-state index contributed by atoms with van der Waals surface area (Å²) >= 11 is 0. The molecule has 1 heterocycles. The Morgan fingerprint density at radius 3 is 2.36 bits per heavy atom. The number of ketones is 1. The van der Waals surface area contributed by atoms with Crippen LogP contribution in [-0.4, -0.2) is 20.1 Å². The molecule has 3 aromatic rings. The molecule has 0 fully saturated rings. The summed E-state index contributed by atoms with van der Waals surface area (Å²) in [7, 11) is -3.88. The molecule has 0 saturated carbocycles. The van der Waals surface area contributed by atoms with Crippen molar-refractivity contribution in [1.29, 1.82) is 0 Å². The van der Waals surface area contributed by atoms with Crippen molar-refractivity contribution in [2.45, 2.75) is 23.1 Å².